The molecule has 0 unspecified atom stereocenters. The molecular formula is C22H29N5OS. The largest absolute Gasteiger partial charge is 0.360 e. The Morgan fingerprint density at radius 1 is 1.07 bits per heavy atom. The van der Waals surface area contributed by atoms with Gasteiger partial charge in [0.2, 0.25) is 5.91 Å². The summed E-state index contributed by atoms with van der Waals surface area (Å²) in [5.74, 6) is 1.19. The van der Waals surface area contributed by atoms with Gasteiger partial charge in [-0.3, -0.25) is 9.79 Å². The van der Waals surface area contributed by atoms with Gasteiger partial charge < -0.3 is 20.0 Å². The fourth-order valence-corrected chi connectivity index (χ4v) is 4.76. The lowest BCUT2D eigenvalue weighted by atomic mass is 10.1. The maximum Gasteiger partial charge on any atom is 0.226 e. The molecule has 2 aliphatic rings. The van der Waals surface area contributed by atoms with E-state index in [0.717, 1.165) is 63.8 Å². The molecule has 1 amide bonds. The Hall–Kier alpha value is -2.54. The first-order valence-corrected chi connectivity index (χ1v) is 11.3. The van der Waals surface area contributed by atoms with Gasteiger partial charge in [0.25, 0.3) is 0 Å². The van der Waals surface area contributed by atoms with Crippen LogP contribution in [0.15, 0.2) is 46.8 Å². The molecule has 0 spiro atoms. The monoisotopic (exact) mass is 411 g/mol. The fourth-order valence-electron chi connectivity index (χ4n) is 3.97. The molecule has 0 aliphatic carbocycles. The van der Waals surface area contributed by atoms with Crippen LogP contribution in [-0.4, -0.2) is 56.5 Å². The van der Waals surface area contributed by atoms with Gasteiger partial charge in [0.15, 0.2) is 5.96 Å². The molecule has 29 heavy (non-hydrogen) atoms. The van der Waals surface area contributed by atoms with Crippen LogP contribution in [0.4, 0.5) is 10.7 Å². The minimum Gasteiger partial charge on any atom is -0.360 e. The van der Waals surface area contributed by atoms with Gasteiger partial charge in [-0.2, -0.15) is 0 Å². The number of thiophene rings is 1. The van der Waals surface area contributed by atoms with Crippen molar-refractivity contribution in [1.29, 1.82) is 0 Å². The van der Waals surface area contributed by atoms with Crippen LogP contribution < -0.4 is 15.1 Å². The van der Waals surface area contributed by atoms with Crippen LogP contribution >= 0.6 is 11.3 Å². The zero-order chi connectivity index (χ0) is 20.1. The van der Waals surface area contributed by atoms with Crippen molar-refractivity contribution in [3.63, 3.8) is 0 Å². The third-order valence-electron chi connectivity index (χ3n) is 5.63. The fraction of sp³-hybridized carbons (Fsp3) is 0.455. The second-order valence-electron chi connectivity index (χ2n) is 7.50. The van der Waals surface area contributed by atoms with Gasteiger partial charge in [-0.25, -0.2) is 0 Å². The van der Waals surface area contributed by atoms with Gasteiger partial charge in [0.05, 0.1) is 5.00 Å². The van der Waals surface area contributed by atoms with Crippen LogP contribution in [0.2, 0.25) is 0 Å². The summed E-state index contributed by atoms with van der Waals surface area (Å²) >= 11 is 1.80. The summed E-state index contributed by atoms with van der Waals surface area (Å²) in [7, 11) is 1.85. The quantitative estimate of drug-likeness (QED) is 0.620. The second kappa shape index (κ2) is 9.31. The van der Waals surface area contributed by atoms with Crippen molar-refractivity contribution in [1.82, 2.24) is 10.2 Å². The number of piperazine rings is 1. The van der Waals surface area contributed by atoms with Crippen molar-refractivity contribution in [2.45, 2.75) is 25.8 Å². The number of guanidine groups is 1. The first-order chi connectivity index (χ1) is 14.2. The lowest BCUT2D eigenvalue weighted by molar-refractivity contribution is -0.119. The Morgan fingerprint density at radius 3 is 2.52 bits per heavy atom. The average molecular weight is 412 g/mol. The number of anilines is 2. The molecule has 2 aromatic rings. The van der Waals surface area contributed by atoms with Gasteiger partial charge in [-0.15, -0.1) is 11.3 Å². The molecular weight excluding hydrogens is 382 g/mol. The number of carbonyl (C=O) groups is 1. The third kappa shape index (κ3) is 4.72. The summed E-state index contributed by atoms with van der Waals surface area (Å²) in [6, 6.07) is 12.6. The molecule has 1 aromatic heterocycles. The molecule has 0 radical (unpaired) electrons. The summed E-state index contributed by atoms with van der Waals surface area (Å²) in [5, 5.41) is 6.97. The van der Waals surface area contributed by atoms with E-state index in [1.165, 1.54) is 10.6 Å². The van der Waals surface area contributed by atoms with E-state index >= 15 is 0 Å². The van der Waals surface area contributed by atoms with E-state index in [1.54, 1.807) is 11.3 Å². The average Bonchev–Trinajstić information content (AvgIpc) is 3.31. The van der Waals surface area contributed by atoms with Crippen LogP contribution in [-0.2, 0) is 11.3 Å². The highest BCUT2D eigenvalue weighted by molar-refractivity contribution is 7.14. The molecule has 1 N–H and O–H groups in total. The third-order valence-corrected chi connectivity index (χ3v) is 6.56. The van der Waals surface area contributed by atoms with E-state index in [-0.39, 0.29) is 5.91 Å². The topological polar surface area (TPSA) is 51.2 Å². The Bertz CT molecular complexity index is 825. The van der Waals surface area contributed by atoms with Crippen LogP contribution in [0.5, 0.6) is 0 Å². The molecule has 2 fully saturated rings. The number of piperidine rings is 1. The van der Waals surface area contributed by atoms with Gasteiger partial charge in [0, 0.05) is 58.4 Å². The predicted octanol–water partition coefficient (Wildman–Crippen LogP) is 3.16. The molecule has 4 rings (SSSR count). The second-order valence-corrected chi connectivity index (χ2v) is 8.42. The number of aliphatic imine (C=N–C) groups is 1. The van der Waals surface area contributed by atoms with Crippen LogP contribution in [0, 0.1) is 0 Å². The van der Waals surface area contributed by atoms with Gasteiger partial charge in [-0.05, 0) is 48.1 Å². The summed E-state index contributed by atoms with van der Waals surface area (Å²) in [6.07, 6.45) is 2.77. The van der Waals surface area contributed by atoms with E-state index in [2.05, 4.69) is 61.9 Å². The van der Waals surface area contributed by atoms with Crippen molar-refractivity contribution < 1.29 is 4.79 Å². The molecule has 0 atom stereocenters. The van der Waals surface area contributed by atoms with Gasteiger partial charge in [-0.1, -0.05) is 12.1 Å². The number of hydrogen-bond acceptors (Lipinski definition) is 4. The SMILES string of the molecule is CN=C(NCc1ccc(N2CCCCC2=O)cc1)N1CCN(c2cccs2)CC1. The van der Waals surface area contributed by atoms with E-state index < -0.39 is 0 Å². The highest BCUT2D eigenvalue weighted by Gasteiger charge is 2.21. The number of nitrogens with zero attached hydrogens (tertiary/aromatic N) is 4. The van der Waals surface area contributed by atoms with Crippen molar-refractivity contribution in [2.75, 3.05) is 49.6 Å². The number of nitrogens with one attached hydrogen (secondary N) is 1. The Balaban J connectivity index is 1.29. The number of rotatable bonds is 4. The Morgan fingerprint density at radius 2 is 1.86 bits per heavy atom. The maximum atomic E-state index is 12.1. The zero-order valence-corrected chi connectivity index (χ0v) is 17.8. The molecule has 7 heteroatoms. The van der Waals surface area contributed by atoms with E-state index in [0.29, 0.717) is 6.42 Å². The summed E-state index contributed by atoms with van der Waals surface area (Å²) in [6.45, 7) is 5.52. The Labute approximate surface area is 176 Å². The highest BCUT2D eigenvalue weighted by Crippen LogP contribution is 2.23. The van der Waals surface area contributed by atoms with Crippen LogP contribution in [0.3, 0.4) is 0 Å². The first kappa shape index (κ1) is 19.8. The molecule has 2 aliphatic heterocycles. The van der Waals surface area contributed by atoms with E-state index in [1.807, 2.05) is 11.9 Å². The van der Waals surface area contributed by atoms with Crippen LogP contribution in [0.25, 0.3) is 0 Å². The summed E-state index contributed by atoms with van der Waals surface area (Å²) in [5.41, 5.74) is 2.20. The number of amides is 1. The molecule has 0 bridgehead atoms. The smallest absolute Gasteiger partial charge is 0.226 e. The Kier molecular flexibility index (Phi) is 6.34. The standard InChI is InChI=1S/C22H29N5OS/c1-23-22(26-14-12-25(13-15-26)21-6-4-16-29-21)24-17-18-7-9-19(10-8-18)27-11-3-2-5-20(27)28/h4,6-10,16H,2-3,5,11-15,17H2,1H3,(H,23,24). The highest BCUT2D eigenvalue weighted by atomic mass is 32.1. The van der Waals surface area contributed by atoms with Crippen molar-refractivity contribution in [3.05, 3.63) is 47.3 Å². The molecule has 2 saturated heterocycles. The molecule has 6 nitrogen and oxygen atoms in total. The van der Waals surface area contributed by atoms with Gasteiger partial charge in [0.1, 0.15) is 0 Å². The normalized spacial score (nSPS) is 18.3. The lowest BCUT2D eigenvalue weighted by Gasteiger charge is -2.37. The van der Waals surface area contributed by atoms with E-state index in [9.17, 15) is 4.79 Å². The van der Waals surface area contributed by atoms with Crippen molar-refractivity contribution >= 4 is 33.9 Å². The molecule has 0 saturated carbocycles. The molecule has 154 valence electrons. The lowest BCUT2D eigenvalue weighted by Crippen LogP contribution is -2.52. The zero-order valence-electron chi connectivity index (χ0n) is 17.0. The van der Waals surface area contributed by atoms with Crippen molar-refractivity contribution in [3.8, 4) is 0 Å². The minimum atomic E-state index is 0.240. The van der Waals surface area contributed by atoms with Crippen LogP contribution in [0.1, 0.15) is 24.8 Å². The first-order valence-electron chi connectivity index (χ1n) is 10.4. The van der Waals surface area contributed by atoms with Crippen molar-refractivity contribution in [2.24, 2.45) is 4.99 Å². The molecule has 3 heterocycles. The van der Waals surface area contributed by atoms with E-state index in [4.69, 9.17) is 0 Å². The maximum absolute atomic E-state index is 12.1. The number of carbonyl (C=O) groups excluding carboxylic acids is 1. The summed E-state index contributed by atoms with van der Waals surface area (Å²) < 4.78 is 0. The number of benzene rings is 1. The number of hydrogen-bond donors (Lipinski definition) is 1. The molecule has 1 aromatic carbocycles. The summed E-state index contributed by atoms with van der Waals surface area (Å²) in [4.78, 5) is 23.2. The predicted molar refractivity (Wildman–Crippen MR) is 121 cm³/mol. The minimum absolute atomic E-state index is 0.240. The van der Waals surface area contributed by atoms with Gasteiger partial charge >= 0.3 is 0 Å².